The molecule has 2 rings (SSSR count). The van der Waals surface area contributed by atoms with Crippen molar-refractivity contribution in [3.63, 3.8) is 0 Å². The molecule has 0 aliphatic rings. The standard InChI is InChI=1S/C17H22N2OS/c1-3-5-13-7-9-14(10-8-13)16(15-6-4-11-21-15)19-17(20)12(2)18/h4,6-12,16H,3,5,18H2,1-2H3,(H,19,20)/t12-,16?/m1/s1. The van der Waals surface area contributed by atoms with Crippen molar-refractivity contribution in [1.29, 1.82) is 0 Å². The van der Waals surface area contributed by atoms with Gasteiger partial charge in [0.05, 0.1) is 12.1 Å². The fourth-order valence-corrected chi connectivity index (χ4v) is 3.02. The third-order valence-corrected chi connectivity index (χ3v) is 4.32. The van der Waals surface area contributed by atoms with Crippen LogP contribution in [0.3, 0.4) is 0 Å². The average molecular weight is 302 g/mol. The van der Waals surface area contributed by atoms with Crippen molar-refractivity contribution < 1.29 is 4.79 Å². The number of hydrogen-bond donors (Lipinski definition) is 2. The largest absolute Gasteiger partial charge is 0.343 e. The van der Waals surface area contributed by atoms with Gasteiger partial charge in [0, 0.05) is 4.88 Å². The smallest absolute Gasteiger partial charge is 0.237 e. The topological polar surface area (TPSA) is 55.1 Å². The molecule has 1 heterocycles. The molecule has 1 unspecified atom stereocenters. The van der Waals surface area contributed by atoms with Crippen molar-refractivity contribution >= 4 is 17.2 Å². The van der Waals surface area contributed by atoms with Crippen molar-refractivity contribution in [3.05, 3.63) is 57.8 Å². The van der Waals surface area contributed by atoms with Gasteiger partial charge in [0.1, 0.15) is 0 Å². The fraction of sp³-hybridized carbons (Fsp3) is 0.353. The number of thiophene rings is 1. The van der Waals surface area contributed by atoms with E-state index in [2.05, 4.69) is 36.5 Å². The second kappa shape index (κ2) is 7.38. The van der Waals surface area contributed by atoms with Gasteiger partial charge in [0.2, 0.25) is 5.91 Å². The molecule has 0 radical (unpaired) electrons. The van der Waals surface area contributed by atoms with E-state index in [1.807, 2.05) is 17.5 Å². The van der Waals surface area contributed by atoms with E-state index in [4.69, 9.17) is 5.73 Å². The van der Waals surface area contributed by atoms with Crippen molar-refractivity contribution in [3.8, 4) is 0 Å². The summed E-state index contributed by atoms with van der Waals surface area (Å²) in [4.78, 5) is 13.1. The van der Waals surface area contributed by atoms with Gasteiger partial charge in [-0.3, -0.25) is 4.79 Å². The molecule has 3 N–H and O–H groups in total. The first kappa shape index (κ1) is 15.7. The number of amides is 1. The lowest BCUT2D eigenvalue weighted by Gasteiger charge is -2.19. The van der Waals surface area contributed by atoms with E-state index in [1.165, 1.54) is 5.56 Å². The van der Waals surface area contributed by atoms with E-state index in [-0.39, 0.29) is 11.9 Å². The van der Waals surface area contributed by atoms with Crippen LogP contribution in [0.5, 0.6) is 0 Å². The summed E-state index contributed by atoms with van der Waals surface area (Å²) in [6.07, 6.45) is 2.21. The van der Waals surface area contributed by atoms with Crippen LogP contribution in [0.4, 0.5) is 0 Å². The number of nitrogens with one attached hydrogen (secondary N) is 1. The van der Waals surface area contributed by atoms with E-state index in [9.17, 15) is 4.79 Å². The molecule has 4 heteroatoms. The number of hydrogen-bond acceptors (Lipinski definition) is 3. The van der Waals surface area contributed by atoms with Gasteiger partial charge in [-0.15, -0.1) is 11.3 Å². The summed E-state index contributed by atoms with van der Waals surface area (Å²) in [5.41, 5.74) is 8.08. The molecule has 2 atom stereocenters. The normalized spacial score (nSPS) is 13.7. The minimum atomic E-state index is -0.508. The Labute approximate surface area is 130 Å². The van der Waals surface area contributed by atoms with Gasteiger partial charge in [-0.2, -0.15) is 0 Å². The summed E-state index contributed by atoms with van der Waals surface area (Å²) in [7, 11) is 0. The molecule has 1 aromatic carbocycles. The van der Waals surface area contributed by atoms with E-state index >= 15 is 0 Å². The van der Waals surface area contributed by atoms with Crippen LogP contribution in [0.25, 0.3) is 0 Å². The Hall–Kier alpha value is -1.65. The maximum atomic E-state index is 12.0. The van der Waals surface area contributed by atoms with E-state index in [1.54, 1.807) is 18.3 Å². The van der Waals surface area contributed by atoms with Gasteiger partial charge >= 0.3 is 0 Å². The molecule has 0 aliphatic carbocycles. The lowest BCUT2D eigenvalue weighted by Crippen LogP contribution is -2.40. The molecular formula is C17H22N2OS. The van der Waals surface area contributed by atoms with Gasteiger partial charge < -0.3 is 11.1 Å². The zero-order valence-electron chi connectivity index (χ0n) is 12.5. The van der Waals surface area contributed by atoms with Crippen LogP contribution < -0.4 is 11.1 Å². The molecule has 1 aromatic heterocycles. The van der Waals surface area contributed by atoms with Gasteiger partial charge in [-0.25, -0.2) is 0 Å². The van der Waals surface area contributed by atoms with E-state index in [0.717, 1.165) is 23.3 Å². The Morgan fingerprint density at radius 2 is 2.00 bits per heavy atom. The van der Waals surface area contributed by atoms with Crippen LogP contribution in [-0.4, -0.2) is 11.9 Å². The molecule has 21 heavy (non-hydrogen) atoms. The van der Waals surface area contributed by atoms with Gasteiger partial charge in [-0.1, -0.05) is 43.7 Å². The van der Waals surface area contributed by atoms with Crippen LogP contribution in [0.1, 0.15) is 42.3 Å². The number of aryl methyl sites for hydroxylation is 1. The Morgan fingerprint density at radius 1 is 1.29 bits per heavy atom. The van der Waals surface area contributed by atoms with Crippen molar-refractivity contribution in [2.24, 2.45) is 5.73 Å². The highest BCUT2D eigenvalue weighted by atomic mass is 32.1. The molecule has 0 spiro atoms. The molecule has 112 valence electrons. The number of rotatable bonds is 6. The molecule has 0 bridgehead atoms. The summed E-state index contributed by atoms with van der Waals surface area (Å²) < 4.78 is 0. The third-order valence-electron chi connectivity index (χ3n) is 3.38. The van der Waals surface area contributed by atoms with Crippen molar-refractivity contribution in [2.75, 3.05) is 0 Å². The van der Waals surface area contributed by atoms with Crippen LogP contribution in [-0.2, 0) is 11.2 Å². The van der Waals surface area contributed by atoms with Gasteiger partial charge in [0.15, 0.2) is 0 Å². The molecule has 2 aromatic rings. The first-order valence-corrected chi connectivity index (χ1v) is 8.18. The molecule has 0 aliphatic heterocycles. The summed E-state index contributed by atoms with van der Waals surface area (Å²) in [5, 5.41) is 5.05. The minimum Gasteiger partial charge on any atom is -0.343 e. The zero-order chi connectivity index (χ0) is 15.2. The lowest BCUT2D eigenvalue weighted by atomic mass is 10.0. The Balaban J connectivity index is 2.24. The second-order valence-corrected chi connectivity index (χ2v) is 6.22. The first-order valence-electron chi connectivity index (χ1n) is 7.30. The Morgan fingerprint density at radius 3 is 2.52 bits per heavy atom. The fourth-order valence-electron chi connectivity index (χ4n) is 2.21. The summed E-state index contributed by atoms with van der Waals surface area (Å²) in [6.45, 7) is 3.87. The first-order chi connectivity index (χ1) is 10.1. The third kappa shape index (κ3) is 4.16. The maximum Gasteiger partial charge on any atom is 0.237 e. The van der Waals surface area contributed by atoms with Crippen LogP contribution >= 0.6 is 11.3 Å². The number of carbonyl (C=O) groups excluding carboxylic acids is 1. The number of benzene rings is 1. The number of carbonyl (C=O) groups is 1. The van der Waals surface area contributed by atoms with Crippen LogP contribution in [0, 0.1) is 0 Å². The van der Waals surface area contributed by atoms with Crippen LogP contribution in [0.15, 0.2) is 41.8 Å². The summed E-state index contributed by atoms with van der Waals surface area (Å²) >= 11 is 1.64. The SMILES string of the molecule is CCCc1ccc(C(NC(=O)[C@@H](C)N)c2cccs2)cc1. The Bertz CT molecular complexity index is 561. The average Bonchev–Trinajstić information content (AvgIpc) is 2.99. The molecule has 0 saturated carbocycles. The highest BCUT2D eigenvalue weighted by Gasteiger charge is 2.19. The molecule has 0 fully saturated rings. The van der Waals surface area contributed by atoms with Crippen molar-refractivity contribution in [2.45, 2.75) is 38.8 Å². The minimum absolute atomic E-state index is 0.126. The van der Waals surface area contributed by atoms with E-state index < -0.39 is 6.04 Å². The monoisotopic (exact) mass is 302 g/mol. The van der Waals surface area contributed by atoms with E-state index in [0.29, 0.717) is 0 Å². The summed E-state index contributed by atoms with van der Waals surface area (Å²) in [5.74, 6) is -0.133. The summed E-state index contributed by atoms with van der Waals surface area (Å²) in [6, 6.07) is 11.9. The zero-order valence-corrected chi connectivity index (χ0v) is 13.3. The predicted molar refractivity (Wildman–Crippen MR) is 88.4 cm³/mol. The molecule has 1 amide bonds. The number of nitrogens with two attached hydrogens (primary N) is 1. The van der Waals surface area contributed by atoms with Crippen LogP contribution in [0.2, 0.25) is 0 Å². The quantitative estimate of drug-likeness (QED) is 0.860. The predicted octanol–water partition coefficient (Wildman–Crippen LogP) is 3.25. The second-order valence-electron chi connectivity index (χ2n) is 5.24. The van der Waals surface area contributed by atoms with Gasteiger partial charge in [-0.05, 0) is 35.9 Å². The highest BCUT2D eigenvalue weighted by Crippen LogP contribution is 2.26. The highest BCUT2D eigenvalue weighted by molar-refractivity contribution is 7.10. The lowest BCUT2D eigenvalue weighted by molar-refractivity contribution is -0.122. The maximum absolute atomic E-state index is 12.0. The molecular weight excluding hydrogens is 280 g/mol. The molecule has 0 saturated heterocycles. The van der Waals surface area contributed by atoms with Gasteiger partial charge in [0.25, 0.3) is 0 Å². The molecule has 3 nitrogen and oxygen atoms in total. The van der Waals surface area contributed by atoms with Crippen molar-refractivity contribution in [1.82, 2.24) is 5.32 Å². The Kier molecular flexibility index (Phi) is 5.53.